The summed E-state index contributed by atoms with van der Waals surface area (Å²) < 4.78 is 0. The number of nitrogens with one attached hydrogen (secondary N) is 1. The van der Waals surface area contributed by atoms with Crippen LogP contribution in [-0.2, 0) is 19.2 Å². The number of carboxylic acids is 1. The van der Waals surface area contributed by atoms with Gasteiger partial charge in [0.05, 0.1) is 6.21 Å². The molecule has 32 heavy (non-hydrogen) atoms. The summed E-state index contributed by atoms with van der Waals surface area (Å²) in [7, 11) is 2.77. The number of nitrogen functional groups attached to an aromatic ring is 1. The van der Waals surface area contributed by atoms with Crippen LogP contribution >= 0.6 is 35.3 Å². The van der Waals surface area contributed by atoms with Crippen LogP contribution in [0.5, 0.6) is 0 Å². The molecular weight excluding hydrogens is 480 g/mol. The highest BCUT2D eigenvalue weighted by Crippen LogP contribution is 2.40. The number of anilines is 1. The predicted molar refractivity (Wildman–Crippen MR) is 123 cm³/mol. The number of fused-ring (bicyclic) bond motifs is 1. The molecule has 1 fully saturated rings. The number of carbonyl (C=O) groups is 3. The highest BCUT2D eigenvalue weighted by Gasteiger charge is 2.54. The first kappa shape index (κ1) is 23.4. The minimum atomic E-state index is -1.30. The summed E-state index contributed by atoms with van der Waals surface area (Å²) in [6.45, 7) is 0. The van der Waals surface area contributed by atoms with Gasteiger partial charge in [0.1, 0.15) is 29.9 Å². The molecule has 1 unspecified atom stereocenters. The van der Waals surface area contributed by atoms with Crippen LogP contribution in [0.4, 0.5) is 5.13 Å². The van der Waals surface area contributed by atoms with E-state index in [0.717, 1.165) is 16.2 Å². The Morgan fingerprint density at radius 2 is 2.25 bits per heavy atom. The van der Waals surface area contributed by atoms with Gasteiger partial charge in [-0.1, -0.05) is 5.16 Å². The van der Waals surface area contributed by atoms with Crippen LogP contribution < -0.4 is 16.8 Å². The Balaban J connectivity index is 1.80. The summed E-state index contributed by atoms with van der Waals surface area (Å²) in [5.41, 5.74) is 11.2. The van der Waals surface area contributed by atoms with Crippen LogP contribution in [0.1, 0.15) is 5.69 Å². The molecule has 6 N–H and O–H groups in total. The zero-order chi connectivity index (χ0) is 23.6. The lowest BCUT2D eigenvalue weighted by Gasteiger charge is -2.49. The van der Waals surface area contributed by atoms with E-state index >= 15 is 0 Å². The van der Waals surface area contributed by atoms with Crippen molar-refractivity contribution >= 4 is 75.3 Å². The number of rotatable bonds is 7. The highest BCUT2D eigenvalue weighted by atomic mass is 32.2. The lowest BCUT2D eigenvalue weighted by molar-refractivity contribution is -0.150. The van der Waals surface area contributed by atoms with Crippen molar-refractivity contribution < 1.29 is 24.3 Å². The maximum Gasteiger partial charge on any atom is 0.353 e. The van der Waals surface area contributed by atoms with Crippen LogP contribution in [0, 0.1) is 0 Å². The van der Waals surface area contributed by atoms with E-state index in [4.69, 9.17) is 28.5 Å². The number of oxime groups is 1. The number of hydrogen-bond donors (Lipinski definition) is 4. The van der Waals surface area contributed by atoms with E-state index in [0.29, 0.717) is 5.57 Å². The molecule has 0 bridgehead atoms. The van der Waals surface area contributed by atoms with E-state index in [1.165, 1.54) is 42.5 Å². The molecule has 13 nitrogen and oxygen atoms in total. The molecule has 0 radical (unpaired) electrons. The Bertz CT molecular complexity index is 1070. The molecule has 2 atom stereocenters. The summed E-state index contributed by atoms with van der Waals surface area (Å²) in [6.07, 6.45) is 1.29. The topological polar surface area (TPSA) is 189 Å². The largest absolute Gasteiger partial charge is 0.477 e. The fourth-order valence-electron chi connectivity index (χ4n) is 2.86. The van der Waals surface area contributed by atoms with Gasteiger partial charge in [-0.2, -0.15) is 5.10 Å². The second-order valence-corrected chi connectivity index (χ2v) is 8.75. The van der Waals surface area contributed by atoms with Gasteiger partial charge < -0.3 is 26.7 Å². The van der Waals surface area contributed by atoms with Gasteiger partial charge in [0.25, 0.3) is 11.8 Å². The molecule has 0 saturated carbocycles. The number of β-lactam (4-membered cyclic amide) rings is 1. The van der Waals surface area contributed by atoms with E-state index in [9.17, 15) is 19.5 Å². The van der Waals surface area contributed by atoms with Crippen molar-refractivity contribution in [3.8, 4) is 0 Å². The van der Waals surface area contributed by atoms with Crippen LogP contribution in [0.25, 0.3) is 0 Å². The van der Waals surface area contributed by atoms with E-state index in [2.05, 4.69) is 20.6 Å². The number of carboxylic acid groups (broad SMARTS) is 1. The minimum Gasteiger partial charge on any atom is -0.477 e. The van der Waals surface area contributed by atoms with Crippen molar-refractivity contribution in [3.05, 3.63) is 22.3 Å². The number of amides is 2. The third-order valence-corrected chi connectivity index (χ3v) is 6.60. The summed E-state index contributed by atoms with van der Waals surface area (Å²) in [4.78, 5) is 47.2. The second-order valence-electron chi connectivity index (χ2n) is 6.34. The molecule has 170 valence electrons. The van der Waals surface area contributed by atoms with Crippen LogP contribution in [0.3, 0.4) is 0 Å². The van der Waals surface area contributed by atoms with Gasteiger partial charge in [0, 0.05) is 23.8 Å². The molecule has 0 aliphatic carbocycles. The zero-order valence-corrected chi connectivity index (χ0v) is 19.2. The van der Waals surface area contributed by atoms with Crippen molar-refractivity contribution in [1.82, 2.24) is 20.2 Å². The lowest BCUT2D eigenvalue weighted by atomic mass is 10.0. The zero-order valence-electron chi connectivity index (χ0n) is 16.7. The van der Waals surface area contributed by atoms with E-state index in [1.807, 2.05) is 0 Å². The maximum absolute atomic E-state index is 12.8. The molecule has 1 aromatic heterocycles. The van der Waals surface area contributed by atoms with E-state index < -0.39 is 29.2 Å². The molecule has 3 heterocycles. The smallest absolute Gasteiger partial charge is 0.353 e. The van der Waals surface area contributed by atoms with Crippen LogP contribution in [0.15, 0.2) is 26.9 Å². The summed E-state index contributed by atoms with van der Waals surface area (Å²) >= 11 is 7.17. The molecule has 1 saturated heterocycles. The Morgan fingerprint density at radius 3 is 2.81 bits per heavy atom. The first-order valence-electron chi connectivity index (χ1n) is 8.77. The average molecular weight is 499 g/mol. The summed E-state index contributed by atoms with van der Waals surface area (Å²) in [5.74, 6) is -2.36. The molecule has 1 aromatic rings. The van der Waals surface area contributed by atoms with Gasteiger partial charge in [-0.15, -0.1) is 23.1 Å². The Hall–Kier alpha value is -3.24. The molecule has 0 aromatic carbocycles. The summed E-state index contributed by atoms with van der Waals surface area (Å²) in [5, 5.41) is 22.2. The number of nitrogens with two attached hydrogens (primary N) is 2. The molecular formula is C16H18N8O5S3. The Labute approximate surface area is 195 Å². The lowest BCUT2D eigenvalue weighted by Crippen LogP contribution is -2.71. The number of hydrazone groups is 1. The van der Waals surface area contributed by atoms with Crippen molar-refractivity contribution in [3.63, 3.8) is 0 Å². The normalized spacial score (nSPS) is 20.6. The molecule has 16 heteroatoms. The van der Waals surface area contributed by atoms with Crippen molar-refractivity contribution in [1.29, 1.82) is 0 Å². The van der Waals surface area contributed by atoms with E-state index in [1.54, 1.807) is 0 Å². The number of hydrogen-bond acceptors (Lipinski definition) is 11. The second kappa shape index (κ2) is 9.49. The van der Waals surface area contributed by atoms with Crippen LogP contribution in [0.2, 0.25) is 0 Å². The Kier molecular flexibility index (Phi) is 6.95. The maximum atomic E-state index is 12.8. The number of thiazole rings is 1. The third-order valence-electron chi connectivity index (χ3n) is 4.35. The number of thioether (sulfide) groups is 1. The standard InChI is InChI=1S/C16H18N8O5S3/c1-23(16(18)30)19-3-6-4-31-13-9(12(26)24(13)10(6)14(27)28)21-11(25)8(22-29-2)7-5-32-15(17)20-7/h3,5,9,13H,4H2,1-2H3,(H2,17,20)(H2,18,30)(H,21,25)(H,27,28)/t9?,13-/m0/s1. The van der Waals surface area contributed by atoms with Gasteiger partial charge in [-0.3, -0.25) is 14.5 Å². The highest BCUT2D eigenvalue weighted by molar-refractivity contribution is 8.00. The van der Waals surface area contributed by atoms with Gasteiger partial charge in [0.15, 0.2) is 16.0 Å². The summed E-state index contributed by atoms with van der Waals surface area (Å²) in [6, 6.07) is -0.960. The van der Waals surface area contributed by atoms with Gasteiger partial charge >= 0.3 is 5.97 Å². The van der Waals surface area contributed by atoms with Gasteiger partial charge in [0.2, 0.25) is 0 Å². The molecule has 2 amide bonds. The Morgan fingerprint density at radius 1 is 1.53 bits per heavy atom. The van der Waals surface area contributed by atoms with Gasteiger partial charge in [-0.05, 0) is 12.2 Å². The number of thiocarbonyl (C=S) groups is 1. The first-order valence-corrected chi connectivity index (χ1v) is 11.1. The van der Waals surface area contributed by atoms with Crippen LogP contribution in [-0.4, -0.2) is 86.1 Å². The predicted octanol–water partition coefficient (Wildman–Crippen LogP) is -1.02. The number of nitrogens with zero attached hydrogens (tertiary/aromatic N) is 5. The number of aromatic nitrogens is 1. The monoisotopic (exact) mass is 498 g/mol. The van der Waals surface area contributed by atoms with Crippen molar-refractivity contribution in [2.24, 2.45) is 16.0 Å². The number of carbonyl (C=O) groups excluding carboxylic acids is 2. The molecule has 0 spiro atoms. The fraction of sp³-hybridized carbons (Fsp3) is 0.312. The third kappa shape index (κ3) is 4.51. The quantitative estimate of drug-likeness (QED) is 0.156. The average Bonchev–Trinajstić information content (AvgIpc) is 3.18. The fourth-order valence-corrected chi connectivity index (χ4v) is 4.75. The minimum absolute atomic E-state index is 0.00161. The van der Waals surface area contributed by atoms with Crippen molar-refractivity contribution in [2.45, 2.75) is 11.4 Å². The van der Waals surface area contributed by atoms with E-state index in [-0.39, 0.29) is 33.1 Å². The first-order chi connectivity index (χ1) is 15.1. The molecule has 2 aliphatic heterocycles. The molecule has 3 rings (SSSR count). The number of aliphatic carboxylic acids is 1. The molecule has 2 aliphatic rings. The SMILES string of the molecule is CON=C(C(=O)NC1C(=O)N2C(C(=O)O)=C(C=NN(C)C(N)=S)CS[C@@H]12)c1csc(N)n1. The van der Waals surface area contributed by atoms with Gasteiger partial charge in [-0.25, -0.2) is 14.8 Å². The van der Waals surface area contributed by atoms with Crippen molar-refractivity contribution in [2.75, 3.05) is 25.6 Å².